The first-order valence-electron chi connectivity index (χ1n) is 5.14. The molecule has 1 saturated heterocycles. The van der Waals surface area contributed by atoms with E-state index in [4.69, 9.17) is 5.73 Å². The summed E-state index contributed by atoms with van der Waals surface area (Å²) in [4.78, 5) is 2.54. The Kier molecular flexibility index (Phi) is 3.53. The standard InChI is InChI=1S/C10H22N2/c1-4-9-7-12(8(2)3)6-5-10(9)11/h8-10H,4-7,11H2,1-3H3. The van der Waals surface area contributed by atoms with Crippen molar-refractivity contribution in [2.75, 3.05) is 13.1 Å². The molecule has 2 N–H and O–H groups in total. The molecule has 0 aliphatic carbocycles. The van der Waals surface area contributed by atoms with Gasteiger partial charge in [-0.05, 0) is 32.7 Å². The normalized spacial score (nSPS) is 32.8. The molecule has 0 aromatic heterocycles. The van der Waals surface area contributed by atoms with Crippen LogP contribution < -0.4 is 5.73 Å². The molecular weight excluding hydrogens is 148 g/mol. The van der Waals surface area contributed by atoms with Crippen molar-refractivity contribution in [3.63, 3.8) is 0 Å². The fourth-order valence-electron chi connectivity index (χ4n) is 1.98. The highest BCUT2D eigenvalue weighted by Crippen LogP contribution is 2.19. The van der Waals surface area contributed by atoms with Crippen molar-refractivity contribution in [3.8, 4) is 0 Å². The van der Waals surface area contributed by atoms with Crippen LogP contribution in [0.1, 0.15) is 33.6 Å². The van der Waals surface area contributed by atoms with E-state index in [1.54, 1.807) is 0 Å². The summed E-state index contributed by atoms with van der Waals surface area (Å²) >= 11 is 0. The van der Waals surface area contributed by atoms with Crippen molar-refractivity contribution in [2.45, 2.75) is 45.7 Å². The fourth-order valence-corrected chi connectivity index (χ4v) is 1.98. The molecule has 0 amide bonds. The summed E-state index contributed by atoms with van der Waals surface area (Å²) in [6, 6.07) is 1.14. The lowest BCUT2D eigenvalue weighted by Gasteiger charge is -2.38. The van der Waals surface area contributed by atoms with E-state index in [1.807, 2.05) is 0 Å². The molecule has 0 saturated carbocycles. The Balaban J connectivity index is 2.44. The number of hydrogen-bond donors (Lipinski definition) is 1. The van der Waals surface area contributed by atoms with Crippen molar-refractivity contribution in [3.05, 3.63) is 0 Å². The zero-order chi connectivity index (χ0) is 9.14. The van der Waals surface area contributed by atoms with Crippen molar-refractivity contribution >= 4 is 0 Å². The van der Waals surface area contributed by atoms with Gasteiger partial charge in [-0.25, -0.2) is 0 Å². The minimum atomic E-state index is 0.449. The van der Waals surface area contributed by atoms with Crippen LogP contribution in [0.5, 0.6) is 0 Å². The van der Waals surface area contributed by atoms with Crippen LogP contribution >= 0.6 is 0 Å². The second-order valence-electron chi connectivity index (χ2n) is 4.21. The molecule has 0 spiro atoms. The molecule has 1 fully saturated rings. The van der Waals surface area contributed by atoms with Gasteiger partial charge in [-0.1, -0.05) is 13.3 Å². The molecule has 2 unspecified atom stereocenters. The highest BCUT2D eigenvalue weighted by atomic mass is 15.2. The summed E-state index contributed by atoms with van der Waals surface area (Å²) in [5.41, 5.74) is 6.03. The van der Waals surface area contributed by atoms with Crippen molar-refractivity contribution in [1.29, 1.82) is 0 Å². The summed E-state index contributed by atoms with van der Waals surface area (Å²) < 4.78 is 0. The second kappa shape index (κ2) is 4.24. The molecule has 1 rings (SSSR count). The number of likely N-dealkylation sites (tertiary alicyclic amines) is 1. The summed E-state index contributed by atoms with van der Waals surface area (Å²) in [5.74, 6) is 0.723. The van der Waals surface area contributed by atoms with Gasteiger partial charge in [-0.3, -0.25) is 0 Å². The van der Waals surface area contributed by atoms with E-state index in [-0.39, 0.29) is 0 Å². The summed E-state index contributed by atoms with van der Waals surface area (Å²) in [5, 5.41) is 0. The molecule has 2 heteroatoms. The predicted molar refractivity (Wildman–Crippen MR) is 53.1 cm³/mol. The zero-order valence-corrected chi connectivity index (χ0v) is 8.59. The highest BCUT2D eigenvalue weighted by molar-refractivity contribution is 4.83. The van der Waals surface area contributed by atoms with Gasteiger partial charge in [0.05, 0.1) is 0 Å². The quantitative estimate of drug-likeness (QED) is 0.679. The van der Waals surface area contributed by atoms with Crippen molar-refractivity contribution < 1.29 is 0 Å². The zero-order valence-electron chi connectivity index (χ0n) is 8.59. The van der Waals surface area contributed by atoms with E-state index >= 15 is 0 Å². The first kappa shape index (κ1) is 10.0. The molecular formula is C10H22N2. The Hall–Kier alpha value is -0.0800. The fraction of sp³-hybridized carbons (Fsp3) is 1.00. The van der Waals surface area contributed by atoms with Crippen LogP contribution in [0.15, 0.2) is 0 Å². The molecule has 1 aliphatic rings. The highest BCUT2D eigenvalue weighted by Gasteiger charge is 2.26. The van der Waals surface area contributed by atoms with Gasteiger partial charge < -0.3 is 10.6 Å². The van der Waals surface area contributed by atoms with Crippen LogP contribution in [0.4, 0.5) is 0 Å². The van der Waals surface area contributed by atoms with E-state index in [1.165, 1.54) is 25.9 Å². The molecule has 1 heterocycles. The predicted octanol–water partition coefficient (Wildman–Crippen LogP) is 1.45. The van der Waals surface area contributed by atoms with E-state index in [2.05, 4.69) is 25.7 Å². The third-order valence-corrected chi connectivity index (χ3v) is 3.08. The van der Waals surface area contributed by atoms with E-state index in [9.17, 15) is 0 Å². The van der Waals surface area contributed by atoms with Gasteiger partial charge in [0.2, 0.25) is 0 Å². The van der Waals surface area contributed by atoms with Crippen molar-refractivity contribution in [1.82, 2.24) is 4.90 Å². The molecule has 1 aliphatic heterocycles. The first-order chi connectivity index (χ1) is 5.65. The number of hydrogen-bond acceptors (Lipinski definition) is 2. The molecule has 0 radical (unpaired) electrons. The summed E-state index contributed by atoms with van der Waals surface area (Å²) in [7, 11) is 0. The topological polar surface area (TPSA) is 29.3 Å². The minimum absolute atomic E-state index is 0.449. The molecule has 72 valence electrons. The van der Waals surface area contributed by atoms with Crippen LogP contribution in [0.3, 0.4) is 0 Å². The Labute approximate surface area is 76.1 Å². The maximum Gasteiger partial charge on any atom is 0.00914 e. The van der Waals surface area contributed by atoms with Gasteiger partial charge in [0.25, 0.3) is 0 Å². The van der Waals surface area contributed by atoms with Gasteiger partial charge in [0.1, 0.15) is 0 Å². The largest absolute Gasteiger partial charge is 0.327 e. The smallest absolute Gasteiger partial charge is 0.00914 e. The van der Waals surface area contributed by atoms with Gasteiger partial charge in [-0.15, -0.1) is 0 Å². The van der Waals surface area contributed by atoms with Gasteiger partial charge in [-0.2, -0.15) is 0 Å². The number of piperidine rings is 1. The van der Waals surface area contributed by atoms with Crippen LogP contribution in [-0.2, 0) is 0 Å². The molecule has 12 heavy (non-hydrogen) atoms. The lowest BCUT2D eigenvalue weighted by atomic mass is 9.90. The van der Waals surface area contributed by atoms with Crippen LogP contribution in [0, 0.1) is 5.92 Å². The Morgan fingerprint density at radius 1 is 1.50 bits per heavy atom. The monoisotopic (exact) mass is 170 g/mol. The first-order valence-corrected chi connectivity index (χ1v) is 5.14. The maximum absolute atomic E-state index is 6.03. The maximum atomic E-state index is 6.03. The van der Waals surface area contributed by atoms with Gasteiger partial charge >= 0.3 is 0 Å². The lowest BCUT2D eigenvalue weighted by molar-refractivity contribution is 0.122. The summed E-state index contributed by atoms with van der Waals surface area (Å²) in [6.07, 6.45) is 2.40. The van der Waals surface area contributed by atoms with Crippen LogP contribution in [0.2, 0.25) is 0 Å². The van der Waals surface area contributed by atoms with E-state index in [0.29, 0.717) is 12.1 Å². The average molecular weight is 170 g/mol. The molecule has 2 nitrogen and oxygen atoms in total. The van der Waals surface area contributed by atoms with E-state index in [0.717, 1.165) is 5.92 Å². The SMILES string of the molecule is CCC1CN(C(C)C)CCC1N. The van der Waals surface area contributed by atoms with Crippen LogP contribution in [0.25, 0.3) is 0 Å². The third-order valence-electron chi connectivity index (χ3n) is 3.08. The molecule has 2 atom stereocenters. The molecule has 0 aromatic carbocycles. The lowest BCUT2D eigenvalue weighted by Crippen LogP contribution is -2.49. The van der Waals surface area contributed by atoms with Crippen LogP contribution in [-0.4, -0.2) is 30.1 Å². The summed E-state index contributed by atoms with van der Waals surface area (Å²) in [6.45, 7) is 9.17. The van der Waals surface area contributed by atoms with Gasteiger partial charge in [0, 0.05) is 18.6 Å². The number of rotatable bonds is 2. The number of nitrogens with two attached hydrogens (primary N) is 1. The minimum Gasteiger partial charge on any atom is -0.327 e. The third kappa shape index (κ3) is 2.20. The Bertz CT molecular complexity index is 134. The molecule has 0 bridgehead atoms. The Morgan fingerprint density at radius 3 is 2.67 bits per heavy atom. The second-order valence-corrected chi connectivity index (χ2v) is 4.21. The molecule has 0 aromatic rings. The van der Waals surface area contributed by atoms with E-state index < -0.39 is 0 Å². The Morgan fingerprint density at radius 2 is 2.17 bits per heavy atom. The average Bonchev–Trinajstić information content (AvgIpc) is 2.05. The van der Waals surface area contributed by atoms with Crippen molar-refractivity contribution in [2.24, 2.45) is 11.7 Å². The van der Waals surface area contributed by atoms with Gasteiger partial charge in [0.15, 0.2) is 0 Å². The number of nitrogens with zero attached hydrogens (tertiary/aromatic N) is 1.